The minimum Gasteiger partial charge on any atom is -0.401 e. The number of aromatic nitrogens is 5. The van der Waals surface area contributed by atoms with E-state index in [1.165, 1.54) is 0 Å². The lowest BCUT2D eigenvalue weighted by atomic mass is 10.2. The predicted octanol–water partition coefficient (Wildman–Crippen LogP) is 4.53. The van der Waals surface area contributed by atoms with Gasteiger partial charge >= 0.3 is 6.01 Å². The lowest BCUT2D eigenvalue weighted by Gasteiger charge is -2.06. The van der Waals surface area contributed by atoms with E-state index >= 15 is 0 Å². The Morgan fingerprint density at radius 2 is 1.89 bits per heavy atom. The van der Waals surface area contributed by atoms with Gasteiger partial charge in [-0.2, -0.15) is 0 Å². The molecule has 0 radical (unpaired) electrons. The molecule has 1 aromatic carbocycles. The van der Waals surface area contributed by atoms with Crippen LogP contribution >= 0.6 is 23.2 Å². The molecule has 0 spiro atoms. The van der Waals surface area contributed by atoms with Crippen LogP contribution in [0.5, 0.6) is 0 Å². The number of benzene rings is 1. The largest absolute Gasteiger partial charge is 0.401 e. The number of pyridine rings is 1. The van der Waals surface area contributed by atoms with E-state index in [2.05, 4.69) is 30.8 Å². The van der Waals surface area contributed by atoms with Gasteiger partial charge in [0.1, 0.15) is 5.69 Å². The second kappa shape index (κ2) is 7.87. The van der Waals surface area contributed by atoms with Crippen LogP contribution in [0.15, 0.2) is 53.5 Å². The fourth-order valence-corrected chi connectivity index (χ4v) is 2.86. The fraction of sp³-hybridized carbons (Fsp3) is 0.111. The van der Waals surface area contributed by atoms with Crippen molar-refractivity contribution in [1.29, 1.82) is 0 Å². The summed E-state index contributed by atoms with van der Waals surface area (Å²) in [5.74, 6) is 0.976. The number of imidazole rings is 1. The van der Waals surface area contributed by atoms with E-state index in [9.17, 15) is 0 Å². The topological polar surface area (TPSA) is 93.7 Å². The van der Waals surface area contributed by atoms with Crippen LogP contribution in [-0.2, 0) is 13.6 Å². The minimum absolute atomic E-state index is 0.231. The van der Waals surface area contributed by atoms with Crippen LogP contribution in [0.3, 0.4) is 0 Å². The molecular formula is C18H15Cl2N7O. The van der Waals surface area contributed by atoms with Gasteiger partial charge in [0, 0.05) is 31.7 Å². The zero-order valence-corrected chi connectivity index (χ0v) is 16.2. The van der Waals surface area contributed by atoms with Crippen molar-refractivity contribution in [3.63, 3.8) is 0 Å². The van der Waals surface area contributed by atoms with Crippen molar-refractivity contribution in [2.75, 3.05) is 10.6 Å². The standard InChI is InChI=1S/C18H15Cl2N7O/c1-27-10-23-16(22-9-11-4-6-21-7-5-11)15(27)17-25-26-18(28-17)24-12-2-3-13(19)14(20)8-12/h2-8,10,22H,9H2,1H3,(H,24,26). The summed E-state index contributed by atoms with van der Waals surface area (Å²) >= 11 is 12.0. The summed E-state index contributed by atoms with van der Waals surface area (Å²) in [7, 11) is 1.86. The molecular weight excluding hydrogens is 401 g/mol. The molecule has 10 heteroatoms. The summed E-state index contributed by atoms with van der Waals surface area (Å²) in [5.41, 5.74) is 2.45. The summed E-state index contributed by atoms with van der Waals surface area (Å²) in [6.07, 6.45) is 5.17. The highest BCUT2D eigenvalue weighted by atomic mass is 35.5. The van der Waals surface area contributed by atoms with Crippen molar-refractivity contribution in [2.45, 2.75) is 6.54 Å². The fourth-order valence-electron chi connectivity index (χ4n) is 2.56. The summed E-state index contributed by atoms with van der Waals surface area (Å²) in [6, 6.07) is 9.23. The zero-order chi connectivity index (χ0) is 19.5. The highest BCUT2D eigenvalue weighted by molar-refractivity contribution is 6.42. The van der Waals surface area contributed by atoms with E-state index in [1.54, 1.807) is 36.9 Å². The van der Waals surface area contributed by atoms with Gasteiger partial charge in [0.15, 0.2) is 5.82 Å². The van der Waals surface area contributed by atoms with Crippen molar-refractivity contribution in [1.82, 2.24) is 24.7 Å². The molecule has 0 unspecified atom stereocenters. The van der Waals surface area contributed by atoms with Gasteiger partial charge in [0.05, 0.1) is 16.4 Å². The average molecular weight is 416 g/mol. The van der Waals surface area contributed by atoms with Gasteiger partial charge in [-0.05, 0) is 35.9 Å². The van der Waals surface area contributed by atoms with Crippen molar-refractivity contribution < 1.29 is 4.42 Å². The average Bonchev–Trinajstić information content (AvgIpc) is 3.30. The number of nitrogens with one attached hydrogen (secondary N) is 2. The molecule has 8 nitrogen and oxygen atoms in total. The molecule has 0 fully saturated rings. The Labute approximate surface area is 170 Å². The van der Waals surface area contributed by atoms with E-state index in [4.69, 9.17) is 27.6 Å². The van der Waals surface area contributed by atoms with E-state index in [0.29, 0.717) is 39.7 Å². The quantitative estimate of drug-likeness (QED) is 0.477. The third-order valence-corrected chi connectivity index (χ3v) is 4.68. The number of hydrogen-bond acceptors (Lipinski definition) is 7. The van der Waals surface area contributed by atoms with Crippen LogP contribution < -0.4 is 10.6 Å². The van der Waals surface area contributed by atoms with Crippen LogP contribution in [0.4, 0.5) is 17.5 Å². The third kappa shape index (κ3) is 3.92. The SMILES string of the molecule is Cn1cnc(NCc2ccncc2)c1-c1nnc(Nc2ccc(Cl)c(Cl)c2)o1. The Morgan fingerprint density at radius 1 is 1.07 bits per heavy atom. The first-order chi connectivity index (χ1) is 13.6. The highest BCUT2D eigenvalue weighted by Gasteiger charge is 2.18. The molecule has 3 heterocycles. The van der Waals surface area contributed by atoms with Crippen LogP contribution in [0.2, 0.25) is 10.0 Å². The molecule has 0 saturated carbocycles. The Hall–Kier alpha value is -3.10. The molecule has 4 rings (SSSR count). The zero-order valence-electron chi connectivity index (χ0n) is 14.7. The van der Waals surface area contributed by atoms with E-state index in [1.807, 2.05) is 23.7 Å². The van der Waals surface area contributed by atoms with Gasteiger partial charge in [-0.3, -0.25) is 4.98 Å². The predicted molar refractivity (Wildman–Crippen MR) is 108 cm³/mol. The first-order valence-corrected chi connectivity index (χ1v) is 9.06. The normalized spacial score (nSPS) is 10.8. The molecule has 0 amide bonds. The van der Waals surface area contributed by atoms with Crippen LogP contribution in [0.25, 0.3) is 11.6 Å². The van der Waals surface area contributed by atoms with Crippen LogP contribution in [0.1, 0.15) is 5.56 Å². The summed E-state index contributed by atoms with van der Waals surface area (Å²) < 4.78 is 7.57. The van der Waals surface area contributed by atoms with Gasteiger partial charge in [-0.15, -0.1) is 5.10 Å². The smallest absolute Gasteiger partial charge is 0.320 e. The van der Waals surface area contributed by atoms with Gasteiger partial charge in [0.25, 0.3) is 5.89 Å². The molecule has 4 aromatic rings. The Balaban J connectivity index is 1.53. The maximum atomic E-state index is 6.03. The Bertz CT molecular complexity index is 1090. The minimum atomic E-state index is 0.231. The molecule has 0 aliphatic rings. The van der Waals surface area contributed by atoms with Crippen molar-refractivity contribution in [3.05, 3.63) is 64.7 Å². The molecule has 0 atom stereocenters. The van der Waals surface area contributed by atoms with Crippen molar-refractivity contribution >= 4 is 40.7 Å². The van der Waals surface area contributed by atoms with Crippen LogP contribution in [-0.4, -0.2) is 24.7 Å². The van der Waals surface area contributed by atoms with Crippen molar-refractivity contribution in [3.8, 4) is 11.6 Å². The van der Waals surface area contributed by atoms with Gasteiger partial charge in [-0.25, -0.2) is 4.98 Å². The number of rotatable bonds is 6. The molecule has 0 saturated heterocycles. The molecule has 3 aromatic heterocycles. The summed E-state index contributed by atoms with van der Waals surface area (Å²) in [6.45, 7) is 0.592. The van der Waals surface area contributed by atoms with Gasteiger partial charge < -0.3 is 19.6 Å². The third-order valence-electron chi connectivity index (χ3n) is 3.94. The van der Waals surface area contributed by atoms with E-state index in [0.717, 1.165) is 5.56 Å². The number of anilines is 3. The van der Waals surface area contributed by atoms with E-state index in [-0.39, 0.29) is 6.01 Å². The second-order valence-corrected chi connectivity index (χ2v) is 6.74. The molecule has 2 N–H and O–H groups in total. The molecule has 0 aliphatic heterocycles. The number of nitrogens with zero attached hydrogens (tertiary/aromatic N) is 5. The number of hydrogen-bond donors (Lipinski definition) is 2. The first-order valence-electron chi connectivity index (χ1n) is 8.30. The number of halogens is 2. The second-order valence-electron chi connectivity index (χ2n) is 5.93. The van der Waals surface area contributed by atoms with Gasteiger partial charge in [0.2, 0.25) is 0 Å². The summed E-state index contributed by atoms with van der Waals surface area (Å²) in [4.78, 5) is 8.39. The molecule has 28 heavy (non-hydrogen) atoms. The maximum Gasteiger partial charge on any atom is 0.320 e. The maximum absolute atomic E-state index is 6.03. The molecule has 0 bridgehead atoms. The summed E-state index contributed by atoms with van der Waals surface area (Å²) in [5, 5.41) is 15.4. The van der Waals surface area contributed by atoms with E-state index < -0.39 is 0 Å². The lowest BCUT2D eigenvalue weighted by molar-refractivity contribution is 0.582. The Morgan fingerprint density at radius 3 is 2.68 bits per heavy atom. The first kappa shape index (κ1) is 18.3. The molecule has 142 valence electrons. The van der Waals surface area contributed by atoms with Gasteiger partial charge in [-0.1, -0.05) is 28.3 Å². The monoisotopic (exact) mass is 415 g/mol. The van der Waals surface area contributed by atoms with Crippen LogP contribution in [0, 0.1) is 0 Å². The highest BCUT2D eigenvalue weighted by Crippen LogP contribution is 2.29. The van der Waals surface area contributed by atoms with Crippen molar-refractivity contribution in [2.24, 2.45) is 7.05 Å². The molecule has 0 aliphatic carbocycles. The number of aryl methyl sites for hydroxylation is 1. The Kier molecular flexibility index (Phi) is 5.14. The lowest BCUT2D eigenvalue weighted by Crippen LogP contribution is -2.02.